The second kappa shape index (κ2) is 9.99. The minimum absolute atomic E-state index is 0.184. The fraction of sp³-hybridized carbons (Fsp3) is 0.833. The van der Waals surface area contributed by atoms with Crippen LogP contribution in [0.3, 0.4) is 0 Å². The molecule has 0 spiro atoms. The molecule has 114 valence electrons. The number of hydrogen-bond acceptors (Lipinski definition) is 7. The maximum absolute atomic E-state index is 9.49. The third kappa shape index (κ3) is 8.02. The minimum atomic E-state index is -1.29. The fourth-order valence-electron chi connectivity index (χ4n) is 1.45. The summed E-state index contributed by atoms with van der Waals surface area (Å²) in [5.74, 6) is 0.184. The summed E-state index contributed by atoms with van der Waals surface area (Å²) in [5, 5.41) is 39.6. The van der Waals surface area contributed by atoms with Crippen LogP contribution in [0.1, 0.15) is 6.42 Å². The molecule has 0 aromatic rings. The predicted molar refractivity (Wildman–Crippen MR) is 71.4 cm³/mol. The number of aliphatic hydroxyl groups excluding tert-OH is 4. The first-order valence-electron chi connectivity index (χ1n) is 6.24. The molecule has 19 heavy (non-hydrogen) atoms. The quantitative estimate of drug-likeness (QED) is 0.222. The van der Waals surface area contributed by atoms with Crippen molar-refractivity contribution in [3.05, 3.63) is 12.5 Å². The van der Waals surface area contributed by atoms with Gasteiger partial charge in [-0.2, -0.15) is 0 Å². The average molecular weight is 278 g/mol. The molecule has 0 amide bonds. The van der Waals surface area contributed by atoms with Crippen LogP contribution in [0.4, 0.5) is 0 Å². The molecule has 0 aromatic heterocycles. The number of rotatable bonds is 11. The van der Waals surface area contributed by atoms with Crippen molar-refractivity contribution in [1.29, 1.82) is 0 Å². The van der Waals surface area contributed by atoms with E-state index < -0.39 is 31.5 Å². The van der Waals surface area contributed by atoms with Crippen LogP contribution >= 0.6 is 0 Å². The van der Waals surface area contributed by atoms with E-state index in [2.05, 4.69) is 11.9 Å². The minimum Gasteiger partial charge on any atom is -0.471 e. The molecule has 0 aliphatic carbocycles. The molecule has 0 bridgehead atoms. The molecule has 0 saturated carbocycles. The molecule has 0 fully saturated rings. The van der Waals surface area contributed by atoms with Crippen molar-refractivity contribution in [2.75, 3.05) is 40.4 Å². The summed E-state index contributed by atoms with van der Waals surface area (Å²) in [5.41, 5.74) is 0. The molecule has 7 heteroatoms. The van der Waals surface area contributed by atoms with Gasteiger partial charge in [0.1, 0.15) is 12.2 Å². The van der Waals surface area contributed by atoms with Crippen LogP contribution in [0.25, 0.3) is 0 Å². The highest BCUT2D eigenvalue weighted by Gasteiger charge is 2.28. The van der Waals surface area contributed by atoms with E-state index in [4.69, 9.17) is 14.9 Å². The first-order chi connectivity index (χ1) is 8.92. The van der Waals surface area contributed by atoms with Crippen molar-refractivity contribution in [1.82, 2.24) is 10.2 Å². The molecule has 5 N–H and O–H groups in total. The zero-order chi connectivity index (χ0) is 14.8. The Kier molecular flexibility index (Phi) is 9.54. The summed E-state index contributed by atoms with van der Waals surface area (Å²) in [4.78, 5) is 2.04. The van der Waals surface area contributed by atoms with E-state index in [1.54, 1.807) is 0 Å². The van der Waals surface area contributed by atoms with Crippen LogP contribution in [0.2, 0.25) is 0 Å². The Morgan fingerprint density at radius 3 is 2.16 bits per heavy atom. The maximum atomic E-state index is 9.49. The number of aliphatic hydroxyl groups is 4. The molecule has 0 aliphatic heterocycles. The molecular weight excluding hydrogens is 252 g/mol. The third-order valence-corrected chi connectivity index (χ3v) is 2.52. The van der Waals surface area contributed by atoms with Crippen LogP contribution in [-0.2, 0) is 4.74 Å². The van der Waals surface area contributed by atoms with Gasteiger partial charge in [-0.25, -0.2) is 0 Å². The Bertz CT molecular complexity index is 240. The highest BCUT2D eigenvalue weighted by atomic mass is 16.5. The van der Waals surface area contributed by atoms with Gasteiger partial charge in [-0.1, -0.05) is 0 Å². The Hall–Kier alpha value is -0.860. The summed E-state index contributed by atoms with van der Waals surface area (Å²) in [6, 6.07) is 0. The molecule has 2 unspecified atom stereocenters. The second-order valence-electron chi connectivity index (χ2n) is 4.59. The van der Waals surface area contributed by atoms with Crippen LogP contribution in [0, 0.1) is 0 Å². The molecule has 2 atom stereocenters. The fourth-order valence-corrected chi connectivity index (χ4v) is 1.45. The lowest BCUT2D eigenvalue weighted by molar-refractivity contribution is -0.106. The number of nitrogens with one attached hydrogen (secondary N) is 1. The Balaban J connectivity index is 4.09. The van der Waals surface area contributed by atoms with Crippen LogP contribution in [-0.4, -0.2) is 84.0 Å². The van der Waals surface area contributed by atoms with E-state index in [0.29, 0.717) is 6.54 Å². The van der Waals surface area contributed by atoms with Crippen molar-refractivity contribution in [3.8, 4) is 0 Å². The first-order valence-corrected chi connectivity index (χ1v) is 6.24. The molecule has 0 rings (SSSR count). The van der Waals surface area contributed by atoms with Gasteiger partial charge in [-0.15, -0.1) is 0 Å². The van der Waals surface area contributed by atoms with Crippen molar-refractivity contribution in [2.45, 2.75) is 24.7 Å². The van der Waals surface area contributed by atoms with E-state index in [9.17, 15) is 10.2 Å². The van der Waals surface area contributed by atoms with E-state index in [-0.39, 0.29) is 5.88 Å². The zero-order valence-electron chi connectivity index (χ0n) is 11.6. The summed E-state index contributed by atoms with van der Waals surface area (Å²) in [6.07, 6.45) is -2.82. The van der Waals surface area contributed by atoms with Crippen LogP contribution in [0.15, 0.2) is 12.5 Å². The van der Waals surface area contributed by atoms with Gasteiger partial charge in [0, 0.05) is 6.54 Å². The van der Waals surface area contributed by atoms with Gasteiger partial charge in [0.05, 0.1) is 13.2 Å². The van der Waals surface area contributed by atoms with Gasteiger partial charge < -0.3 is 35.4 Å². The monoisotopic (exact) mass is 278 g/mol. The second-order valence-corrected chi connectivity index (χ2v) is 4.59. The SMILES string of the molecule is C=C(NCCCN(C)C)OC(C(O)CO)C(O)CO. The normalized spacial score (nSPS) is 15.9. The summed E-state index contributed by atoms with van der Waals surface area (Å²) in [7, 11) is 3.94. The molecule has 0 aromatic carbocycles. The number of ether oxygens (including phenoxy) is 1. The number of nitrogens with zero attached hydrogens (tertiary/aromatic N) is 1. The highest BCUT2D eigenvalue weighted by molar-refractivity contribution is 4.86. The maximum Gasteiger partial charge on any atom is 0.179 e. The van der Waals surface area contributed by atoms with Crippen molar-refractivity contribution >= 4 is 0 Å². The first kappa shape index (κ1) is 18.1. The topological polar surface area (TPSA) is 105 Å². The lowest BCUT2D eigenvalue weighted by atomic mass is 10.1. The van der Waals surface area contributed by atoms with Gasteiger partial charge in [0.2, 0.25) is 0 Å². The van der Waals surface area contributed by atoms with E-state index in [1.165, 1.54) is 0 Å². The van der Waals surface area contributed by atoms with Crippen molar-refractivity contribution in [2.24, 2.45) is 0 Å². The Morgan fingerprint density at radius 1 is 1.21 bits per heavy atom. The number of hydrogen-bond donors (Lipinski definition) is 5. The van der Waals surface area contributed by atoms with Gasteiger partial charge in [-0.3, -0.25) is 0 Å². The molecule has 7 nitrogen and oxygen atoms in total. The van der Waals surface area contributed by atoms with E-state index >= 15 is 0 Å². The average Bonchev–Trinajstić information content (AvgIpc) is 2.39. The summed E-state index contributed by atoms with van der Waals surface area (Å²) < 4.78 is 5.22. The van der Waals surface area contributed by atoms with E-state index in [0.717, 1.165) is 13.0 Å². The van der Waals surface area contributed by atoms with Crippen molar-refractivity contribution < 1.29 is 25.2 Å². The summed E-state index contributed by atoms with van der Waals surface area (Å²) in [6.45, 7) is 4.00. The van der Waals surface area contributed by atoms with E-state index in [1.807, 2.05) is 19.0 Å². The standard InChI is InChI=1S/C12H26N2O5/c1-9(13-5-4-6-14(2)3)19-12(10(17)7-15)11(18)8-16/h10-13,15-18H,1,4-8H2,2-3H3. The molecule has 0 heterocycles. The predicted octanol–water partition coefficient (Wildman–Crippen LogP) is -1.91. The molecule has 0 aliphatic rings. The van der Waals surface area contributed by atoms with Crippen LogP contribution in [0.5, 0.6) is 0 Å². The van der Waals surface area contributed by atoms with Gasteiger partial charge in [0.25, 0.3) is 0 Å². The Labute approximate surface area is 114 Å². The van der Waals surface area contributed by atoms with Gasteiger partial charge in [-0.05, 0) is 33.6 Å². The lowest BCUT2D eigenvalue weighted by Gasteiger charge is -2.27. The molecule has 0 saturated heterocycles. The lowest BCUT2D eigenvalue weighted by Crippen LogP contribution is -2.44. The smallest absolute Gasteiger partial charge is 0.179 e. The zero-order valence-corrected chi connectivity index (χ0v) is 11.6. The summed E-state index contributed by atoms with van der Waals surface area (Å²) >= 11 is 0. The van der Waals surface area contributed by atoms with Gasteiger partial charge >= 0.3 is 0 Å². The molecular formula is C12H26N2O5. The third-order valence-electron chi connectivity index (χ3n) is 2.52. The van der Waals surface area contributed by atoms with Gasteiger partial charge in [0.15, 0.2) is 12.0 Å². The van der Waals surface area contributed by atoms with Crippen LogP contribution < -0.4 is 5.32 Å². The molecule has 0 radical (unpaired) electrons. The highest BCUT2D eigenvalue weighted by Crippen LogP contribution is 2.08. The Morgan fingerprint density at radius 2 is 1.74 bits per heavy atom. The van der Waals surface area contributed by atoms with Crippen molar-refractivity contribution in [3.63, 3.8) is 0 Å². The largest absolute Gasteiger partial charge is 0.471 e.